The molecule has 0 aromatic heterocycles. The summed E-state index contributed by atoms with van der Waals surface area (Å²) in [5, 5.41) is 9.14. The summed E-state index contributed by atoms with van der Waals surface area (Å²) in [5.41, 5.74) is 0. The van der Waals surface area contributed by atoms with E-state index in [9.17, 15) is 13.2 Å². The van der Waals surface area contributed by atoms with E-state index in [1.807, 2.05) is 0 Å². The first-order valence-electron chi connectivity index (χ1n) is 5.51. The van der Waals surface area contributed by atoms with Gasteiger partial charge in [0, 0.05) is 22.5 Å². The van der Waals surface area contributed by atoms with E-state index in [4.69, 9.17) is 5.11 Å². The monoisotopic (exact) mass is 365 g/mol. The Bertz CT molecular complexity index is 590. The van der Waals surface area contributed by atoms with Gasteiger partial charge in [-0.25, -0.2) is 8.42 Å². The van der Waals surface area contributed by atoms with Crippen LogP contribution in [0.2, 0.25) is 0 Å². The molecule has 1 aliphatic heterocycles. The molecule has 1 fully saturated rings. The number of carboxylic acid groups (broad SMARTS) is 1. The predicted molar refractivity (Wildman–Crippen MR) is 76.8 cm³/mol. The third kappa shape index (κ3) is 3.13. The Balaban J connectivity index is 2.40. The van der Waals surface area contributed by atoms with Crippen molar-refractivity contribution in [3.05, 3.63) is 28.7 Å². The Hall–Kier alpha value is -0.570. The molecule has 0 saturated carbocycles. The predicted octanol–water partition coefficient (Wildman–Crippen LogP) is 1.64. The normalized spacial score (nSPS) is 21.2. The van der Waals surface area contributed by atoms with E-state index >= 15 is 0 Å². The van der Waals surface area contributed by atoms with Gasteiger partial charge >= 0.3 is 5.97 Å². The highest BCUT2D eigenvalue weighted by Crippen LogP contribution is 2.26. The highest BCUT2D eigenvalue weighted by molar-refractivity contribution is 9.10. The van der Waals surface area contributed by atoms with Crippen LogP contribution in [0.25, 0.3) is 0 Å². The van der Waals surface area contributed by atoms with Crippen LogP contribution in [0.3, 0.4) is 0 Å². The van der Waals surface area contributed by atoms with Crippen molar-refractivity contribution in [3.8, 4) is 0 Å². The molecule has 1 saturated heterocycles. The van der Waals surface area contributed by atoms with Crippen molar-refractivity contribution in [3.63, 3.8) is 0 Å². The van der Waals surface area contributed by atoms with Crippen LogP contribution in [0, 0.1) is 0 Å². The van der Waals surface area contributed by atoms with Gasteiger partial charge in [0.1, 0.15) is 6.04 Å². The molecule has 1 aromatic carbocycles. The first-order chi connectivity index (χ1) is 8.93. The van der Waals surface area contributed by atoms with Crippen LogP contribution in [0.15, 0.2) is 33.6 Å². The van der Waals surface area contributed by atoms with Gasteiger partial charge in [-0.05, 0) is 18.2 Å². The Morgan fingerprint density at radius 1 is 1.47 bits per heavy atom. The molecule has 0 amide bonds. The highest BCUT2D eigenvalue weighted by atomic mass is 79.9. The molecule has 1 N–H and O–H groups in total. The number of halogens is 1. The van der Waals surface area contributed by atoms with Crippen LogP contribution in [0.1, 0.15) is 0 Å². The van der Waals surface area contributed by atoms with Gasteiger partial charge in [0.15, 0.2) is 0 Å². The number of sulfonamides is 1. The Morgan fingerprint density at radius 2 is 2.21 bits per heavy atom. The molecule has 1 heterocycles. The summed E-state index contributed by atoms with van der Waals surface area (Å²) in [6.45, 7) is 0.219. The van der Waals surface area contributed by atoms with Gasteiger partial charge in [0.2, 0.25) is 10.0 Å². The second-order valence-corrected chi connectivity index (χ2v) is 7.96. The lowest BCUT2D eigenvalue weighted by molar-refractivity contribution is -0.140. The van der Waals surface area contributed by atoms with Crippen LogP contribution in [0.4, 0.5) is 0 Å². The lowest BCUT2D eigenvalue weighted by Gasteiger charge is -2.31. The van der Waals surface area contributed by atoms with Crippen molar-refractivity contribution >= 4 is 43.7 Å². The summed E-state index contributed by atoms with van der Waals surface area (Å²) in [5.74, 6) is -0.217. The van der Waals surface area contributed by atoms with Gasteiger partial charge in [0.25, 0.3) is 0 Å². The van der Waals surface area contributed by atoms with E-state index < -0.39 is 22.0 Å². The standard InChI is InChI=1S/C11H12BrNO4S2/c12-8-2-1-3-9(6-8)19(16,17)13-4-5-18-7-10(13)11(14)15/h1-3,6,10H,4-5,7H2,(H,14,15). The van der Waals surface area contributed by atoms with E-state index in [1.165, 1.54) is 23.9 Å². The quantitative estimate of drug-likeness (QED) is 0.880. The summed E-state index contributed by atoms with van der Waals surface area (Å²) in [4.78, 5) is 11.3. The molecule has 19 heavy (non-hydrogen) atoms. The van der Waals surface area contributed by atoms with Crippen LogP contribution < -0.4 is 0 Å². The van der Waals surface area contributed by atoms with E-state index in [0.717, 1.165) is 4.31 Å². The van der Waals surface area contributed by atoms with Crippen molar-refractivity contribution in [2.24, 2.45) is 0 Å². The van der Waals surface area contributed by atoms with E-state index in [0.29, 0.717) is 10.2 Å². The summed E-state index contributed by atoms with van der Waals surface area (Å²) in [6, 6.07) is 5.30. The van der Waals surface area contributed by atoms with Crippen molar-refractivity contribution < 1.29 is 18.3 Å². The third-order valence-corrected chi connectivity index (χ3v) is 6.19. The molecule has 0 radical (unpaired) electrons. The summed E-state index contributed by atoms with van der Waals surface area (Å²) >= 11 is 4.67. The largest absolute Gasteiger partial charge is 0.480 e. The second-order valence-electron chi connectivity index (χ2n) is 4.00. The van der Waals surface area contributed by atoms with E-state index in [-0.39, 0.29) is 17.2 Å². The second kappa shape index (κ2) is 5.82. The lowest BCUT2D eigenvalue weighted by Crippen LogP contribution is -2.50. The van der Waals surface area contributed by atoms with Gasteiger partial charge in [-0.2, -0.15) is 16.1 Å². The zero-order valence-electron chi connectivity index (χ0n) is 9.82. The minimum atomic E-state index is -3.77. The molecule has 1 unspecified atom stereocenters. The van der Waals surface area contributed by atoms with E-state index in [2.05, 4.69) is 15.9 Å². The number of aliphatic carboxylic acids is 1. The summed E-state index contributed by atoms with van der Waals surface area (Å²) < 4.78 is 26.7. The molecule has 0 spiro atoms. The van der Waals surface area contributed by atoms with Crippen molar-refractivity contribution in [2.75, 3.05) is 18.1 Å². The van der Waals surface area contributed by atoms with Crippen LogP contribution in [-0.2, 0) is 14.8 Å². The minimum Gasteiger partial charge on any atom is -0.480 e. The Labute approximate surface area is 124 Å². The maximum absolute atomic E-state index is 12.5. The maximum atomic E-state index is 12.5. The molecular formula is C11H12BrNO4S2. The first kappa shape index (κ1) is 14.8. The fourth-order valence-corrected chi connectivity index (χ4v) is 5.26. The number of hydrogen-bond acceptors (Lipinski definition) is 4. The van der Waals surface area contributed by atoms with Crippen molar-refractivity contribution in [2.45, 2.75) is 10.9 Å². The first-order valence-corrected chi connectivity index (χ1v) is 8.89. The molecule has 5 nitrogen and oxygen atoms in total. The van der Waals surface area contributed by atoms with Gasteiger partial charge in [-0.1, -0.05) is 22.0 Å². The number of hydrogen-bond donors (Lipinski definition) is 1. The molecule has 1 aliphatic rings. The van der Waals surface area contributed by atoms with Gasteiger partial charge in [-0.3, -0.25) is 4.79 Å². The fourth-order valence-electron chi connectivity index (χ4n) is 1.83. The molecule has 1 aromatic rings. The number of rotatable bonds is 3. The molecular weight excluding hydrogens is 354 g/mol. The van der Waals surface area contributed by atoms with Gasteiger partial charge < -0.3 is 5.11 Å². The SMILES string of the molecule is O=C(O)C1CSCCN1S(=O)(=O)c1cccc(Br)c1. The van der Waals surface area contributed by atoms with Crippen LogP contribution in [-0.4, -0.2) is 47.9 Å². The van der Waals surface area contributed by atoms with Crippen LogP contribution in [0.5, 0.6) is 0 Å². The average molecular weight is 366 g/mol. The third-order valence-electron chi connectivity index (χ3n) is 2.77. The topological polar surface area (TPSA) is 74.7 Å². The van der Waals surface area contributed by atoms with Crippen LogP contribution >= 0.6 is 27.7 Å². The molecule has 2 rings (SSSR count). The minimum absolute atomic E-state index is 0.111. The highest BCUT2D eigenvalue weighted by Gasteiger charge is 2.37. The number of nitrogens with zero attached hydrogens (tertiary/aromatic N) is 1. The zero-order valence-corrected chi connectivity index (χ0v) is 13.0. The molecule has 0 bridgehead atoms. The Kier molecular flexibility index (Phi) is 4.54. The summed E-state index contributed by atoms with van der Waals surface area (Å²) in [7, 11) is -3.77. The fraction of sp³-hybridized carbons (Fsp3) is 0.364. The number of carboxylic acids is 1. The van der Waals surface area contributed by atoms with E-state index in [1.54, 1.807) is 12.1 Å². The average Bonchev–Trinajstić information content (AvgIpc) is 2.38. The van der Waals surface area contributed by atoms with Gasteiger partial charge in [-0.15, -0.1) is 0 Å². The Morgan fingerprint density at radius 3 is 2.84 bits per heavy atom. The molecule has 104 valence electrons. The zero-order chi connectivity index (χ0) is 14.0. The van der Waals surface area contributed by atoms with Crippen molar-refractivity contribution in [1.82, 2.24) is 4.31 Å². The number of benzene rings is 1. The lowest BCUT2D eigenvalue weighted by atomic mass is 10.3. The molecule has 0 aliphatic carbocycles. The van der Waals surface area contributed by atoms with Gasteiger partial charge in [0.05, 0.1) is 4.90 Å². The van der Waals surface area contributed by atoms with Crippen molar-refractivity contribution in [1.29, 1.82) is 0 Å². The number of carbonyl (C=O) groups is 1. The number of thioether (sulfide) groups is 1. The maximum Gasteiger partial charge on any atom is 0.322 e. The molecule has 8 heteroatoms. The molecule has 1 atom stereocenters. The smallest absolute Gasteiger partial charge is 0.322 e. The summed E-state index contributed by atoms with van der Waals surface area (Å²) in [6.07, 6.45) is 0.